The summed E-state index contributed by atoms with van der Waals surface area (Å²) in [6.07, 6.45) is 7.09. The number of aliphatic hydroxyl groups excluding tert-OH is 1. The van der Waals surface area contributed by atoms with Gasteiger partial charge in [0, 0.05) is 33.0 Å². The summed E-state index contributed by atoms with van der Waals surface area (Å²) in [4.78, 5) is 0. The zero-order chi connectivity index (χ0) is 20.6. The number of hydrogen-bond acceptors (Lipinski definition) is 5. The summed E-state index contributed by atoms with van der Waals surface area (Å²) >= 11 is 12.0. The highest BCUT2D eigenvalue weighted by molar-refractivity contribution is 6.38. The monoisotopic (exact) mass is 434 g/mol. The van der Waals surface area contributed by atoms with Crippen molar-refractivity contribution in [2.45, 2.75) is 58.0 Å². The van der Waals surface area contributed by atoms with Crippen molar-refractivity contribution in [2.75, 3.05) is 45.3 Å². The fourth-order valence-electron chi connectivity index (χ4n) is 2.67. The number of anilines is 1. The molecule has 0 fully saturated rings. The van der Waals surface area contributed by atoms with Gasteiger partial charge in [-0.05, 0) is 49.9 Å². The Morgan fingerprint density at radius 2 is 1.50 bits per heavy atom. The molecule has 0 saturated carbocycles. The van der Waals surface area contributed by atoms with Crippen molar-refractivity contribution in [3.05, 3.63) is 27.7 Å². The largest absolute Gasteiger partial charge is 0.396 e. The van der Waals surface area contributed by atoms with Gasteiger partial charge in [-0.15, -0.1) is 0 Å². The van der Waals surface area contributed by atoms with Crippen LogP contribution in [0.25, 0.3) is 0 Å². The van der Waals surface area contributed by atoms with Crippen molar-refractivity contribution in [3.63, 3.8) is 0 Å². The molecule has 4 N–H and O–H groups in total. The molecule has 1 unspecified atom stereocenters. The molecule has 1 aromatic rings. The fraction of sp³-hybridized carbons (Fsp3) is 0.714. The van der Waals surface area contributed by atoms with Crippen LogP contribution in [-0.2, 0) is 9.47 Å². The van der Waals surface area contributed by atoms with Gasteiger partial charge in [-0.1, -0.05) is 49.4 Å². The lowest BCUT2D eigenvalue weighted by Crippen LogP contribution is -2.22. The highest BCUT2D eigenvalue weighted by atomic mass is 35.5. The molecule has 0 radical (unpaired) electrons. The Hall–Kier alpha value is -0.560. The first kappa shape index (κ1) is 25.5. The van der Waals surface area contributed by atoms with Crippen LogP contribution in [0, 0.1) is 0 Å². The predicted octanol–water partition coefficient (Wildman–Crippen LogP) is 4.98. The van der Waals surface area contributed by atoms with Crippen LogP contribution in [-0.4, -0.2) is 44.6 Å². The van der Waals surface area contributed by atoms with Crippen LogP contribution in [0.2, 0.25) is 10.0 Å². The molecule has 0 spiro atoms. The van der Waals surface area contributed by atoms with Gasteiger partial charge in [0.15, 0.2) is 0 Å². The van der Waals surface area contributed by atoms with Gasteiger partial charge in [-0.3, -0.25) is 0 Å². The fourth-order valence-corrected chi connectivity index (χ4v) is 3.18. The lowest BCUT2D eigenvalue weighted by atomic mass is 10.1. The smallest absolute Gasteiger partial charge is 0.0915 e. The molecule has 1 atom stereocenters. The maximum absolute atomic E-state index is 10.2. The highest BCUT2D eigenvalue weighted by Gasteiger charge is 2.11. The number of unbranched alkanes of at least 4 members (excludes halogenated alkanes) is 4. The zero-order valence-electron chi connectivity index (χ0n) is 17.0. The summed E-state index contributed by atoms with van der Waals surface area (Å²) in [5, 5.41) is 14.2. The molecule has 0 heterocycles. The number of ether oxygens (including phenoxy) is 2. The van der Waals surface area contributed by atoms with Crippen LogP contribution >= 0.6 is 23.2 Å². The quantitative estimate of drug-likeness (QED) is 0.238. The first-order valence-corrected chi connectivity index (χ1v) is 11.1. The third-order valence-corrected chi connectivity index (χ3v) is 5.06. The molecule has 0 aliphatic rings. The van der Waals surface area contributed by atoms with Gasteiger partial charge in [0.2, 0.25) is 0 Å². The van der Waals surface area contributed by atoms with Crippen LogP contribution in [0.15, 0.2) is 12.1 Å². The lowest BCUT2D eigenvalue weighted by molar-refractivity contribution is 0.0800. The van der Waals surface area contributed by atoms with E-state index in [0.717, 1.165) is 71.5 Å². The molecule has 0 aliphatic heterocycles. The molecule has 1 aromatic carbocycles. The summed E-state index contributed by atoms with van der Waals surface area (Å²) in [6, 6.07) is 3.32. The molecule has 7 heteroatoms. The molecule has 0 saturated heterocycles. The average Bonchev–Trinajstić information content (AvgIpc) is 2.68. The van der Waals surface area contributed by atoms with E-state index in [1.165, 1.54) is 6.42 Å². The van der Waals surface area contributed by atoms with Crippen molar-refractivity contribution in [3.8, 4) is 0 Å². The molecule has 1 rings (SSSR count). The second kappa shape index (κ2) is 16.3. The Bertz CT molecular complexity index is 509. The van der Waals surface area contributed by atoms with E-state index < -0.39 is 6.10 Å². The maximum Gasteiger partial charge on any atom is 0.0915 e. The summed E-state index contributed by atoms with van der Waals surface area (Å²) in [7, 11) is 0. The van der Waals surface area contributed by atoms with Gasteiger partial charge in [-0.2, -0.15) is 0 Å². The van der Waals surface area contributed by atoms with Crippen LogP contribution in [0.5, 0.6) is 0 Å². The van der Waals surface area contributed by atoms with E-state index in [0.29, 0.717) is 27.8 Å². The van der Waals surface area contributed by atoms with Gasteiger partial charge >= 0.3 is 0 Å². The molecule has 5 nitrogen and oxygen atoms in total. The third-order valence-electron chi connectivity index (χ3n) is 4.44. The zero-order valence-corrected chi connectivity index (χ0v) is 18.5. The Morgan fingerprint density at radius 1 is 0.929 bits per heavy atom. The van der Waals surface area contributed by atoms with E-state index in [9.17, 15) is 5.11 Å². The Morgan fingerprint density at radius 3 is 2.14 bits per heavy atom. The summed E-state index contributed by atoms with van der Waals surface area (Å²) < 4.78 is 11.1. The number of nitrogens with one attached hydrogen (secondary N) is 1. The summed E-state index contributed by atoms with van der Waals surface area (Å²) in [5.41, 5.74) is 6.73. The van der Waals surface area contributed by atoms with E-state index >= 15 is 0 Å². The molecule has 0 aliphatic carbocycles. The number of hydrogen-bond donors (Lipinski definition) is 3. The second-order valence-electron chi connectivity index (χ2n) is 6.96. The van der Waals surface area contributed by atoms with E-state index in [1.54, 1.807) is 12.1 Å². The number of halogens is 2. The molecule has 28 heavy (non-hydrogen) atoms. The molecule has 0 aromatic heterocycles. The number of benzene rings is 1. The molecule has 0 amide bonds. The van der Waals surface area contributed by atoms with E-state index in [1.807, 2.05) is 0 Å². The summed E-state index contributed by atoms with van der Waals surface area (Å²) in [6.45, 7) is 6.75. The maximum atomic E-state index is 10.2. The number of rotatable bonds is 17. The Balaban J connectivity index is 1.93. The number of aliphatic hydroxyl groups is 1. The molecule has 162 valence electrons. The van der Waals surface area contributed by atoms with Crippen molar-refractivity contribution in [1.29, 1.82) is 0 Å². The standard InChI is InChI=1S/C21H36Cl2N2O3/c1-2-3-10-27-12-8-13-28-11-7-5-4-6-9-25-16-20(26)17-14-18(22)21(24)19(23)15-17/h14-15,20,25-26H,2-13,16,24H2,1H3. The first-order chi connectivity index (χ1) is 13.6. The Kier molecular flexibility index (Phi) is 14.8. The average molecular weight is 435 g/mol. The Labute approximate surface area is 179 Å². The lowest BCUT2D eigenvalue weighted by Gasteiger charge is -2.14. The van der Waals surface area contributed by atoms with Crippen LogP contribution in [0.4, 0.5) is 5.69 Å². The molecule has 0 bridgehead atoms. The minimum absolute atomic E-state index is 0.344. The highest BCUT2D eigenvalue weighted by Crippen LogP contribution is 2.31. The minimum atomic E-state index is -0.657. The van der Waals surface area contributed by atoms with Gasteiger partial charge < -0.3 is 25.6 Å². The van der Waals surface area contributed by atoms with Crippen molar-refractivity contribution < 1.29 is 14.6 Å². The van der Waals surface area contributed by atoms with Crippen molar-refractivity contribution in [2.24, 2.45) is 0 Å². The van der Waals surface area contributed by atoms with E-state index in [2.05, 4.69) is 12.2 Å². The van der Waals surface area contributed by atoms with Gasteiger partial charge in [0.1, 0.15) is 0 Å². The minimum Gasteiger partial charge on any atom is -0.396 e. The predicted molar refractivity (Wildman–Crippen MR) is 118 cm³/mol. The topological polar surface area (TPSA) is 76.7 Å². The number of nitrogen functional groups attached to an aromatic ring is 1. The third kappa shape index (κ3) is 11.4. The van der Waals surface area contributed by atoms with Crippen molar-refractivity contribution in [1.82, 2.24) is 5.32 Å². The second-order valence-corrected chi connectivity index (χ2v) is 7.78. The molecular formula is C21H36Cl2N2O3. The van der Waals surface area contributed by atoms with Crippen LogP contribution < -0.4 is 11.1 Å². The summed E-state index contributed by atoms with van der Waals surface area (Å²) in [5.74, 6) is 0. The van der Waals surface area contributed by atoms with Crippen LogP contribution in [0.1, 0.15) is 63.5 Å². The van der Waals surface area contributed by atoms with E-state index in [-0.39, 0.29) is 0 Å². The van der Waals surface area contributed by atoms with E-state index in [4.69, 9.17) is 38.4 Å². The first-order valence-electron chi connectivity index (χ1n) is 10.3. The molecular weight excluding hydrogens is 399 g/mol. The normalized spacial score (nSPS) is 12.4. The SMILES string of the molecule is CCCCOCCCOCCCCCCNCC(O)c1cc(Cl)c(N)c(Cl)c1. The van der Waals surface area contributed by atoms with Crippen molar-refractivity contribution >= 4 is 28.9 Å². The van der Waals surface area contributed by atoms with Crippen LogP contribution in [0.3, 0.4) is 0 Å². The van der Waals surface area contributed by atoms with Gasteiger partial charge in [0.05, 0.1) is 21.8 Å². The van der Waals surface area contributed by atoms with Gasteiger partial charge in [-0.25, -0.2) is 0 Å². The number of nitrogens with two attached hydrogens (primary N) is 1. The van der Waals surface area contributed by atoms with Gasteiger partial charge in [0.25, 0.3) is 0 Å².